The standard InChI is InChI=1S/C15H31N3/c1-12(2)15-11-17(8-6-16-15)9-14-5-7-18(10-14)13(3)4/h12-16H,5-11H2,1-4H3. The molecule has 0 aromatic heterocycles. The van der Waals surface area contributed by atoms with E-state index in [1.807, 2.05) is 0 Å². The molecule has 0 saturated carbocycles. The summed E-state index contributed by atoms with van der Waals surface area (Å²) >= 11 is 0. The molecule has 0 spiro atoms. The van der Waals surface area contributed by atoms with Crippen molar-refractivity contribution >= 4 is 0 Å². The molecule has 2 unspecified atom stereocenters. The normalized spacial score (nSPS) is 31.7. The largest absolute Gasteiger partial charge is 0.311 e. The minimum Gasteiger partial charge on any atom is -0.311 e. The Labute approximate surface area is 113 Å². The molecule has 2 aliphatic rings. The molecule has 0 bridgehead atoms. The third-order valence-electron chi connectivity index (χ3n) is 4.66. The van der Waals surface area contributed by atoms with Crippen molar-refractivity contribution in [3.8, 4) is 0 Å². The van der Waals surface area contributed by atoms with Crippen molar-refractivity contribution in [2.45, 2.75) is 46.2 Å². The van der Waals surface area contributed by atoms with Gasteiger partial charge in [-0.3, -0.25) is 0 Å². The van der Waals surface area contributed by atoms with Crippen molar-refractivity contribution in [1.82, 2.24) is 15.1 Å². The third kappa shape index (κ3) is 3.69. The van der Waals surface area contributed by atoms with E-state index < -0.39 is 0 Å². The van der Waals surface area contributed by atoms with Crippen LogP contribution in [-0.2, 0) is 0 Å². The molecular weight excluding hydrogens is 222 g/mol. The molecule has 2 saturated heterocycles. The summed E-state index contributed by atoms with van der Waals surface area (Å²) in [5.41, 5.74) is 0. The van der Waals surface area contributed by atoms with Crippen LogP contribution in [0.5, 0.6) is 0 Å². The van der Waals surface area contributed by atoms with E-state index in [4.69, 9.17) is 0 Å². The van der Waals surface area contributed by atoms with E-state index in [1.54, 1.807) is 0 Å². The molecule has 106 valence electrons. The van der Waals surface area contributed by atoms with E-state index in [1.165, 1.54) is 45.7 Å². The first kappa shape index (κ1) is 14.3. The van der Waals surface area contributed by atoms with Gasteiger partial charge < -0.3 is 15.1 Å². The molecule has 0 aromatic rings. The number of likely N-dealkylation sites (tertiary alicyclic amines) is 1. The second kappa shape index (κ2) is 6.36. The van der Waals surface area contributed by atoms with Gasteiger partial charge in [0.25, 0.3) is 0 Å². The summed E-state index contributed by atoms with van der Waals surface area (Å²) in [6, 6.07) is 1.42. The van der Waals surface area contributed by atoms with Crippen LogP contribution in [-0.4, -0.2) is 61.2 Å². The molecule has 1 N–H and O–H groups in total. The van der Waals surface area contributed by atoms with Crippen LogP contribution < -0.4 is 5.32 Å². The molecule has 2 aliphatic heterocycles. The number of piperazine rings is 1. The Hall–Kier alpha value is -0.120. The topological polar surface area (TPSA) is 18.5 Å². The Balaban J connectivity index is 1.76. The third-order valence-corrected chi connectivity index (χ3v) is 4.66. The van der Waals surface area contributed by atoms with Crippen molar-refractivity contribution < 1.29 is 0 Å². The molecule has 3 heteroatoms. The van der Waals surface area contributed by atoms with Crippen molar-refractivity contribution in [2.24, 2.45) is 11.8 Å². The van der Waals surface area contributed by atoms with Gasteiger partial charge in [-0.2, -0.15) is 0 Å². The predicted molar refractivity (Wildman–Crippen MR) is 77.9 cm³/mol. The molecule has 2 rings (SSSR count). The van der Waals surface area contributed by atoms with Crippen LogP contribution in [0, 0.1) is 11.8 Å². The number of hydrogen-bond donors (Lipinski definition) is 1. The summed E-state index contributed by atoms with van der Waals surface area (Å²) in [6.45, 7) is 16.9. The van der Waals surface area contributed by atoms with E-state index in [0.717, 1.165) is 17.9 Å². The lowest BCUT2D eigenvalue weighted by Gasteiger charge is -2.37. The van der Waals surface area contributed by atoms with Gasteiger partial charge in [-0.1, -0.05) is 13.8 Å². The number of hydrogen-bond acceptors (Lipinski definition) is 3. The fourth-order valence-corrected chi connectivity index (χ4v) is 3.30. The second-order valence-electron chi connectivity index (χ2n) is 6.81. The van der Waals surface area contributed by atoms with Crippen LogP contribution in [0.2, 0.25) is 0 Å². The van der Waals surface area contributed by atoms with Gasteiger partial charge in [0.05, 0.1) is 0 Å². The molecule has 0 amide bonds. The molecule has 2 fully saturated rings. The van der Waals surface area contributed by atoms with Crippen molar-refractivity contribution in [2.75, 3.05) is 39.3 Å². The summed E-state index contributed by atoms with van der Waals surface area (Å²) in [5.74, 6) is 1.65. The van der Waals surface area contributed by atoms with Crippen LogP contribution in [0.1, 0.15) is 34.1 Å². The number of rotatable bonds is 4. The number of nitrogens with one attached hydrogen (secondary N) is 1. The van der Waals surface area contributed by atoms with E-state index in [2.05, 4.69) is 42.8 Å². The van der Waals surface area contributed by atoms with Crippen LogP contribution in [0.15, 0.2) is 0 Å². The Bertz CT molecular complexity index is 252. The molecule has 0 aromatic carbocycles. The Morgan fingerprint density at radius 1 is 1.11 bits per heavy atom. The van der Waals surface area contributed by atoms with Gasteiger partial charge in [-0.25, -0.2) is 0 Å². The van der Waals surface area contributed by atoms with Gasteiger partial charge in [0.1, 0.15) is 0 Å². The second-order valence-corrected chi connectivity index (χ2v) is 6.81. The van der Waals surface area contributed by atoms with E-state index in [9.17, 15) is 0 Å². The summed E-state index contributed by atoms with van der Waals surface area (Å²) in [7, 11) is 0. The summed E-state index contributed by atoms with van der Waals surface area (Å²) in [6.07, 6.45) is 1.40. The highest BCUT2D eigenvalue weighted by Gasteiger charge is 2.28. The van der Waals surface area contributed by atoms with Crippen LogP contribution in [0.3, 0.4) is 0 Å². The fraction of sp³-hybridized carbons (Fsp3) is 1.00. The monoisotopic (exact) mass is 253 g/mol. The predicted octanol–water partition coefficient (Wildman–Crippen LogP) is 1.65. The zero-order valence-electron chi connectivity index (χ0n) is 12.7. The molecular formula is C15H31N3. The fourth-order valence-electron chi connectivity index (χ4n) is 3.30. The van der Waals surface area contributed by atoms with Gasteiger partial charge in [0.15, 0.2) is 0 Å². The summed E-state index contributed by atoms with van der Waals surface area (Å²) in [4.78, 5) is 5.32. The first-order valence-electron chi connectivity index (χ1n) is 7.76. The van der Waals surface area contributed by atoms with Crippen LogP contribution in [0.4, 0.5) is 0 Å². The van der Waals surface area contributed by atoms with Crippen LogP contribution in [0.25, 0.3) is 0 Å². The summed E-state index contributed by atoms with van der Waals surface area (Å²) in [5, 5.41) is 3.65. The highest BCUT2D eigenvalue weighted by atomic mass is 15.2. The van der Waals surface area contributed by atoms with E-state index >= 15 is 0 Å². The lowest BCUT2D eigenvalue weighted by molar-refractivity contribution is 0.151. The molecule has 18 heavy (non-hydrogen) atoms. The molecule has 3 nitrogen and oxygen atoms in total. The lowest BCUT2D eigenvalue weighted by Crippen LogP contribution is -2.53. The van der Waals surface area contributed by atoms with Gasteiger partial charge in [-0.05, 0) is 38.6 Å². The SMILES string of the molecule is CC(C)C1CN(CC2CCN(C(C)C)C2)CCN1. The zero-order valence-corrected chi connectivity index (χ0v) is 12.7. The quantitative estimate of drug-likeness (QED) is 0.822. The van der Waals surface area contributed by atoms with Gasteiger partial charge in [0, 0.05) is 44.8 Å². The Morgan fingerprint density at radius 3 is 2.50 bits per heavy atom. The average molecular weight is 253 g/mol. The van der Waals surface area contributed by atoms with Gasteiger partial charge >= 0.3 is 0 Å². The highest BCUT2D eigenvalue weighted by Crippen LogP contribution is 2.20. The molecule has 0 aliphatic carbocycles. The van der Waals surface area contributed by atoms with E-state index in [0.29, 0.717) is 6.04 Å². The first-order valence-corrected chi connectivity index (χ1v) is 7.76. The average Bonchev–Trinajstić information content (AvgIpc) is 2.78. The number of nitrogens with zero attached hydrogens (tertiary/aromatic N) is 2. The first-order chi connectivity index (χ1) is 8.56. The van der Waals surface area contributed by atoms with Crippen molar-refractivity contribution in [3.05, 3.63) is 0 Å². The molecule has 2 heterocycles. The van der Waals surface area contributed by atoms with Gasteiger partial charge in [-0.15, -0.1) is 0 Å². The summed E-state index contributed by atoms with van der Waals surface area (Å²) < 4.78 is 0. The molecule has 0 radical (unpaired) electrons. The maximum atomic E-state index is 3.65. The Morgan fingerprint density at radius 2 is 1.89 bits per heavy atom. The maximum Gasteiger partial charge on any atom is 0.0218 e. The van der Waals surface area contributed by atoms with Crippen LogP contribution >= 0.6 is 0 Å². The minimum absolute atomic E-state index is 0.696. The smallest absolute Gasteiger partial charge is 0.0218 e. The minimum atomic E-state index is 0.696. The molecule has 2 atom stereocenters. The van der Waals surface area contributed by atoms with Crippen molar-refractivity contribution in [3.63, 3.8) is 0 Å². The lowest BCUT2D eigenvalue weighted by atomic mass is 10.0. The Kier molecular flexibility index (Phi) is 5.05. The zero-order chi connectivity index (χ0) is 13.1. The van der Waals surface area contributed by atoms with Crippen molar-refractivity contribution in [1.29, 1.82) is 0 Å². The maximum absolute atomic E-state index is 3.65. The van der Waals surface area contributed by atoms with E-state index in [-0.39, 0.29) is 0 Å². The van der Waals surface area contributed by atoms with Gasteiger partial charge in [0.2, 0.25) is 0 Å². The highest BCUT2D eigenvalue weighted by molar-refractivity contribution is 4.85.